The number of rotatable bonds is 4. The van der Waals surface area contributed by atoms with Gasteiger partial charge in [-0.3, -0.25) is 9.48 Å². The van der Waals surface area contributed by atoms with Gasteiger partial charge in [0.25, 0.3) is 0 Å². The molecule has 0 saturated heterocycles. The van der Waals surface area contributed by atoms with Crippen molar-refractivity contribution in [2.45, 2.75) is 33.2 Å². The first kappa shape index (κ1) is 13.6. The summed E-state index contributed by atoms with van der Waals surface area (Å²) in [5.74, 6) is 0.588. The maximum absolute atomic E-state index is 11.7. The van der Waals surface area contributed by atoms with Crippen LogP contribution in [0, 0.1) is 5.41 Å². The number of nitrogens with zero attached hydrogens (tertiary/aromatic N) is 3. The van der Waals surface area contributed by atoms with Crippen LogP contribution in [0.5, 0.6) is 0 Å². The Hall–Kier alpha value is -1.43. The molecule has 1 amide bonds. The third-order valence-corrected chi connectivity index (χ3v) is 2.51. The lowest BCUT2D eigenvalue weighted by Gasteiger charge is -2.25. The Morgan fingerprint density at radius 1 is 1.59 bits per heavy atom. The van der Waals surface area contributed by atoms with Crippen LogP contribution in [-0.4, -0.2) is 33.3 Å². The average Bonchev–Trinajstić information content (AvgIpc) is 2.61. The zero-order chi connectivity index (χ0) is 13.1. The normalized spacial score (nSPS) is 13.5. The summed E-state index contributed by atoms with van der Waals surface area (Å²) >= 11 is 0. The van der Waals surface area contributed by atoms with Crippen molar-refractivity contribution in [3.8, 4) is 0 Å². The van der Waals surface area contributed by atoms with E-state index in [1.165, 1.54) is 0 Å². The van der Waals surface area contributed by atoms with Crippen molar-refractivity contribution < 1.29 is 4.79 Å². The molecule has 1 rings (SSSR count). The van der Waals surface area contributed by atoms with Gasteiger partial charge in [0.15, 0.2) is 5.82 Å². The van der Waals surface area contributed by atoms with E-state index in [2.05, 4.69) is 15.4 Å². The number of aryl methyl sites for hydroxylation is 1. The predicted octanol–water partition coefficient (Wildman–Crippen LogP) is -0.153. The molecule has 0 aliphatic carbocycles. The topological polar surface area (TPSA) is 85.8 Å². The molecular weight excluding hydrogens is 218 g/mol. The molecule has 1 aromatic rings. The van der Waals surface area contributed by atoms with E-state index in [4.69, 9.17) is 5.73 Å². The first-order valence-electron chi connectivity index (χ1n) is 5.68. The molecule has 0 radical (unpaired) electrons. The Balaban J connectivity index is 2.34. The summed E-state index contributed by atoms with van der Waals surface area (Å²) in [7, 11) is 1.81. The molecule has 6 nitrogen and oxygen atoms in total. The number of carbonyl (C=O) groups excluding carboxylic acids is 1. The first-order chi connectivity index (χ1) is 7.80. The summed E-state index contributed by atoms with van der Waals surface area (Å²) in [6.45, 7) is 6.33. The molecule has 0 aliphatic rings. The van der Waals surface area contributed by atoms with E-state index >= 15 is 0 Å². The zero-order valence-electron chi connectivity index (χ0n) is 10.9. The van der Waals surface area contributed by atoms with Crippen LogP contribution < -0.4 is 11.1 Å². The first-order valence-corrected chi connectivity index (χ1v) is 5.68. The molecule has 17 heavy (non-hydrogen) atoms. The van der Waals surface area contributed by atoms with Gasteiger partial charge in [-0.2, -0.15) is 5.10 Å². The summed E-state index contributed by atoms with van der Waals surface area (Å²) in [5, 5.41) is 6.92. The van der Waals surface area contributed by atoms with Gasteiger partial charge in [0.05, 0.1) is 6.04 Å². The highest BCUT2D eigenvalue weighted by Gasteiger charge is 2.26. The van der Waals surface area contributed by atoms with Gasteiger partial charge in [-0.25, -0.2) is 4.98 Å². The molecule has 6 heteroatoms. The standard InChI is InChI=1S/C11H21N5O/c1-11(2,3)9(12)10(17)13-6-5-8-14-7-16(4)15-8/h7,9H,5-6,12H2,1-4H3,(H,13,17)/t9-/m1/s1. The summed E-state index contributed by atoms with van der Waals surface area (Å²) in [6.07, 6.45) is 2.25. The van der Waals surface area contributed by atoms with Crippen molar-refractivity contribution in [3.05, 3.63) is 12.2 Å². The zero-order valence-corrected chi connectivity index (χ0v) is 10.9. The number of amides is 1. The SMILES string of the molecule is Cn1cnc(CCNC(=O)[C@@H](N)C(C)(C)C)n1. The van der Waals surface area contributed by atoms with E-state index in [9.17, 15) is 4.79 Å². The number of aromatic nitrogens is 3. The van der Waals surface area contributed by atoms with Gasteiger partial charge >= 0.3 is 0 Å². The van der Waals surface area contributed by atoms with E-state index < -0.39 is 6.04 Å². The van der Waals surface area contributed by atoms with Crippen molar-refractivity contribution in [3.63, 3.8) is 0 Å². The van der Waals surface area contributed by atoms with Crippen LogP contribution in [0.2, 0.25) is 0 Å². The van der Waals surface area contributed by atoms with E-state index in [-0.39, 0.29) is 11.3 Å². The number of nitrogens with one attached hydrogen (secondary N) is 1. The van der Waals surface area contributed by atoms with Gasteiger partial charge in [0, 0.05) is 20.0 Å². The molecule has 0 aromatic carbocycles. The maximum atomic E-state index is 11.7. The minimum atomic E-state index is -0.501. The van der Waals surface area contributed by atoms with Crippen molar-refractivity contribution >= 4 is 5.91 Å². The molecule has 1 heterocycles. The van der Waals surface area contributed by atoms with Crippen LogP contribution in [0.3, 0.4) is 0 Å². The second-order valence-corrected chi connectivity index (χ2v) is 5.22. The Kier molecular flexibility index (Phi) is 4.22. The van der Waals surface area contributed by atoms with Crippen LogP contribution in [-0.2, 0) is 18.3 Å². The largest absolute Gasteiger partial charge is 0.354 e. The Morgan fingerprint density at radius 2 is 2.24 bits per heavy atom. The van der Waals surface area contributed by atoms with Crippen molar-refractivity contribution in [1.29, 1.82) is 0 Å². The fourth-order valence-corrected chi connectivity index (χ4v) is 1.30. The van der Waals surface area contributed by atoms with Gasteiger partial charge in [-0.05, 0) is 5.41 Å². The van der Waals surface area contributed by atoms with Crippen LogP contribution in [0.15, 0.2) is 6.33 Å². The third-order valence-electron chi connectivity index (χ3n) is 2.51. The van der Waals surface area contributed by atoms with Crippen molar-refractivity contribution in [2.75, 3.05) is 6.54 Å². The van der Waals surface area contributed by atoms with Gasteiger partial charge in [-0.1, -0.05) is 20.8 Å². The van der Waals surface area contributed by atoms with E-state index in [0.717, 1.165) is 5.82 Å². The molecule has 1 aromatic heterocycles. The quantitative estimate of drug-likeness (QED) is 0.765. The summed E-state index contributed by atoms with van der Waals surface area (Å²) < 4.78 is 1.64. The minimum Gasteiger partial charge on any atom is -0.354 e. The average molecular weight is 239 g/mol. The molecular formula is C11H21N5O. The Bertz CT molecular complexity index is 379. The number of hydrogen-bond acceptors (Lipinski definition) is 4. The molecule has 0 aliphatic heterocycles. The monoisotopic (exact) mass is 239 g/mol. The van der Waals surface area contributed by atoms with Gasteiger partial charge < -0.3 is 11.1 Å². The lowest BCUT2D eigenvalue weighted by molar-refractivity contribution is -0.124. The number of carbonyl (C=O) groups is 1. The molecule has 0 spiro atoms. The number of hydrogen-bond donors (Lipinski definition) is 2. The summed E-state index contributed by atoms with van der Waals surface area (Å²) in [6, 6.07) is -0.501. The highest BCUT2D eigenvalue weighted by atomic mass is 16.2. The lowest BCUT2D eigenvalue weighted by atomic mass is 9.87. The third kappa shape index (κ3) is 4.14. The Morgan fingerprint density at radius 3 is 2.71 bits per heavy atom. The van der Waals surface area contributed by atoms with Gasteiger partial charge in [-0.15, -0.1) is 0 Å². The second kappa shape index (κ2) is 5.27. The molecule has 0 saturated carbocycles. The second-order valence-electron chi connectivity index (χ2n) is 5.22. The minimum absolute atomic E-state index is 0.131. The van der Waals surface area contributed by atoms with Crippen molar-refractivity contribution in [1.82, 2.24) is 20.1 Å². The highest BCUT2D eigenvalue weighted by molar-refractivity contribution is 5.82. The molecule has 0 fully saturated rings. The van der Waals surface area contributed by atoms with E-state index in [1.807, 2.05) is 27.8 Å². The summed E-state index contributed by atoms with van der Waals surface area (Å²) in [5.41, 5.74) is 5.60. The molecule has 0 unspecified atom stereocenters. The molecule has 3 N–H and O–H groups in total. The maximum Gasteiger partial charge on any atom is 0.237 e. The lowest BCUT2D eigenvalue weighted by Crippen LogP contribution is -2.49. The van der Waals surface area contributed by atoms with Crippen molar-refractivity contribution in [2.24, 2.45) is 18.2 Å². The van der Waals surface area contributed by atoms with Crippen LogP contribution in [0.25, 0.3) is 0 Å². The molecule has 0 bridgehead atoms. The van der Waals surface area contributed by atoms with E-state index in [1.54, 1.807) is 11.0 Å². The highest BCUT2D eigenvalue weighted by Crippen LogP contribution is 2.16. The van der Waals surface area contributed by atoms with E-state index in [0.29, 0.717) is 13.0 Å². The predicted molar refractivity (Wildman–Crippen MR) is 65.1 cm³/mol. The smallest absolute Gasteiger partial charge is 0.237 e. The molecule has 96 valence electrons. The summed E-state index contributed by atoms with van der Waals surface area (Å²) in [4.78, 5) is 15.8. The van der Waals surface area contributed by atoms with Crippen LogP contribution in [0.1, 0.15) is 26.6 Å². The van der Waals surface area contributed by atoms with Gasteiger partial charge in [0.1, 0.15) is 6.33 Å². The molecule has 1 atom stereocenters. The van der Waals surface area contributed by atoms with Gasteiger partial charge in [0.2, 0.25) is 5.91 Å². The number of nitrogens with two attached hydrogens (primary N) is 1. The fraction of sp³-hybridized carbons (Fsp3) is 0.727. The fourth-order valence-electron chi connectivity index (χ4n) is 1.30. The Labute approximate surface area is 102 Å². The van der Waals surface area contributed by atoms with Crippen LogP contribution in [0.4, 0.5) is 0 Å². The van der Waals surface area contributed by atoms with Crippen LogP contribution >= 0.6 is 0 Å².